The second-order valence-corrected chi connectivity index (χ2v) is 12.8. The van der Waals surface area contributed by atoms with Gasteiger partial charge in [0.2, 0.25) is 15.9 Å². The molecule has 5 heterocycles. The minimum Gasteiger partial charge on any atom is -0.485 e. The Morgan fingerprint density at radius 3 is 2.66 bits per heavy atom. The molecular formula is C25H33N5O4S. The van der Waals surface area contributed by atoms with Gasteiger partial charge in [0.25, 0.3) is 5.95 Å². The molecule has 1 saturated heterocycles. The van der Waals surface area contributed by atoms with Crippen LogP contribution in [0, 0.1) is 5.41 Å². The minimum absolute atomic E-state index is 0.0979. The van der Waals surface area contributed by atoms with E-state index in [1.54, 1.807) is 0 Å². The van der Waals surface area contributed by atoms with Crippen LogP contribution in [0.4, 0.5) is 5.95 Å². The summed E-state index contributed by atoms with van der Waals surface area (Å²) in [6.45, 7) is 4.95. The molecule has 1 saturated carbocycles. The number of aryl methyl sites for hydroxylation is 1. The monoisotopic (exact) mass is 499 g/mol. The highest BCUT2D eigenvalue weighted by atomic mass is 32.2. The molecule has 0 radical (unpaired) electrons. The lowest BCUT2D eigenvalue weighted by Gasteiger charge is -2.56. The molecule has 4 aliphatic rings. The highest BCUT2D eigenvalue weighted by Gasteiger charge is 2.59. The zero-order chi connectivity index (χ0) is 24.3. The van der Waals surface area contributed by atoms with E-state index >= 15 is 0 Å². The highest BCUT2D eigenvalue weighted by molar-refractivity contribution is 7.88. The second kappa shape index (κ2) is 8.30. The van der Waals surface area contributed by atoms with E-state index < -0.39 is 10.0 Å². The Morgan fingerprint density at radius 2 is 1.97 bits per heavy atom. The number of anilines is 1. The summed E-state index contributed by atoms with van der Waals surface area (Å²) >= 11 is 0. The highest BCUT2D eigenvalue weighted by Crippen LogP contribution is 2.60. The van der Waals surface area contributed by atoms with Crippen LogP contribution in [0.5, 0.6) is 5.75 Å². The molecule has 2 aromatic rings. The van der Waals surface area contributed by atoms with Crippen molar-refractivity contribution < 1.29 is 17.7 Å². The maximum absolute atomic E-state index is 11.8. The van der Waals surface area contributed by atoms with E-state index in [9.17, 15) is 8.42 Å². The van der Waals surface area contributed by atoms with E-state index in [2.05, 4.69) is 33.0 Å². The number of sulfonamides is 1. The number of aromatic nitrogens is 3. The predicted molar refractivity (Wildman–Crippen MR) is 132 cm³/mol. The Balaban J connectivity index is 1.07. The Kier molecular flexibility index (Phi) is 5.45. The second-order valence-electron chi connectivity index (χ2n) is 10.8. The van der Waals surface area contributed by atoms with Gasteiger partial charge in [-0.15, -0.1) is 0 Å². The number of ether oxygens (including phenoxy) is 1. The molecular weight excluding hydrogens is 466 g/mol. The molecule has 2 fully saturated rings. The number of rotatable bonds is 5. The Hall–Kier alpha value is -2.46. The van der Waals surface area contributed by atoms with Crippen molar-refractivity contribution in [2.24, 2.45) is 5.41 Å². The summed E-state index contributed by atoms with van der Waals surface area (Å²) in [6.07, 6.45) is 13.0. The van der Waals surface area contributed by atoms with Crippen LogP contribution < -0.4 is 9.64 Å². The lowest BCUT2D eigenvalue weighted by atomic mass is 9.54. The zero-order valence-electron chi connectivity index (χ0n) is 20.5. The van der Waals surface area contributed by atoms with E-state index in [1.165, 1.54) is 16.1 Å². The molecule has 0 amide bonds. The number of hydrogen-bond acceptors (Lipinski definition) is 8. The standard InChI is InChI=1S/C25H33N5O4S/c1-3-4-22-27-23(28-34-22)29-11-7-24(8-12-29)16-25(17-24)14-19-13-20(26-15-21(19)33-25)18-5-9-30(10-6-18)35(2,31)32/h5,13,15H,3-4,6-12,14,16-17H2,1-2H3. The van der Waals surface area contributed by atoms with Gasteiger partial charge in [0.1, 0.15) is 11.4 Å². The molecule has 10 heteroatoms. The van der Waals surface area contributed by atoms with Crippen LogP contribution in [-0.2, 0) is 22.9 Å². The van der Waals surface area contributed by atoms with E-state index in [0.717, 1.165) is 86.9 Å². The smallest absolute Gasteiger partial charge is 0.266 e. The van der Waals surface area contributed by atoms with Gasteiger partial charge in [-0.1, -0.05) is 13.0 Å². The third-order valence-electron chi connectivity index (χ3n) is 8.18. The van der Waals surface area contributed by atoms with Crippen molar-refractivity contribution in [3.63, 3.8) is 0 Å². The molecule has 1 aliphatic carbocycles. The number of nitrogens with zero attached hydrogens (tertiary/aromatic N) is 5. The first kappa shape index (κ1) is 23.0. The van der Waals surface area contributed by atoms with Gasteiger partial charge < -0.3 is 14.2 Å². The minimum atomic E-state index is -3.15. The Morgan fingerprint density at radius 1 is 1.17 bits per heavy atom. The third-order valence-corrected chi connectivity index (χ3v) is 9.45. The van der Waals surface area contributed by atoms with Crippen LogP contribution >= 0.6 is 0 Å². The topological polar surface area (TPSA) is 102 Å². The molecule has 0 N–H and O–H groups in total. The molecule has 3 aliphatic heterocycles. The number of hydrogen-bond donors (Lipinski definition) is 0. The maximum atomic E-state index is 11.8. The van der Waals surface area contributed by atoms with Crippen molar-refractivity contribution in [3.05, 3.63) is 35.5 Å². The van der Waals surface area contributed by atoms with Gasteiger partial charge >= 0.3 is 0 Å². The zero-order valence-corrected chi connectivity index (χ0v) is 21.3. The van der Waals surface area contributed by atoms with Crippen molar-refractivity contribution in [2.45, 2.75) is 63.9 Å². The van der Waals surface area contributed by atoms with E-state index in [-0.39, 0.29) is 5.60 Å². The first-order chi connectivity index (χ1) is 16.8. The molecule has 2 aromatic heterocycles. The molecule has 0 atom stereocenters. The van der Waals surface area contributed by atoms with Crippen LogP contribution in [0.25, 0.3) is 5.57 Å². The molecule has 35 heavy (non-hydrogen) atoms. The van der Waals surface area contributed by atoms with Crippen LogP contribution in [0.1, 0.15) is 62.6 Å². The SMILES string of the molecule is CCCc1nc(N2CCC3(CC2)CC2(Cc4cc(C5=CCN(S(C)(=O)=O)CC5)ncc4O2)C3)no1. The van der Waals surface area contributed by atoms with Crippen molar-refractivity contribution in [1.82, 2.24) is 19.4 Å². The number of piperidine rings is 1. The van der Waals surface area contributed by atoms with Crippen LogP contribution in [0.15, 0.2) is 22.9 Å². The molecule has 188 valence electrons. The molecule has 2 spiro atoms. The quantitative estimate of drug-likeness (QED) is 0.618. The Bertz CT molecular complexity index is 1250. The molecule has 0 bridgehead atoms. The third kappa shape index (κ3) is 4.24. The van der Waals surface area contributed by atoms with Gasteiger partial charge in [-0.3, -0.25) is 4.98 Å². The van der Waals surface area contributed by atoms with E-state index in [1.807, 2.05) is 12.3 Å². The number of fused-ring (bicyclic) bond motifs is 1. The summed E-state index contributed by atoms with van der Waals surface area (Å²) < 4.78 is 36.9. The summed E-state index contributed by atoms with van der Waals surface area (Å²) in [5.74, 6) is 2.37. The Labute approximate surface area is 206 Å². The van der Waals surface area contributed by atoms with Crippen LogP contribution in [0.3, 0.4) is 0 Å². The fourth-order valence-corrected chi connectivity index (χ4v) is 7.20. The summed E-state index contributed by atoms with van der Waals surface area (Å²) in [4.78, 5) is 11.5. The van der Waals surface area contributed by atoms with Crippen molar-refractivity contribution >= 4 is 21.5 Å². The fraction of sp³-hybridized carbons (Fsp3) is 0.640. The van der Waals surface area contributed by atoms with Gasteiger partial charge in [0.15, 0.2) is 0 Å². The van der Waals surface area contributed by atoms with Crippen LogP contribution in [0.2, 0.25) is 0 Å². The largest absolute Gasteiger partial charge is 0.485 e. The summed E-state index contributed by atoms with van der Waals surface area (Å²) in [5.41, 5.74) is 3.53. The van der Waals surface area contributed by atoms with E-state index in [0.29, 0.717) is 24.9 Å². The summed E-state index contributed by atoms with van der Waals surface area (Å²) in [6, 6.07) is 2.16. The normalized spacial score (nSPS) is 23.1. The summed E-state index contributed by atoms with van der Waals surface area (Å²) in [7, 11) is -3.15. The van der Waals surface area contributed by atoms with Crippen molar-refractivity contribution in [3.8, 4) is 5.75 Å². The van der Waals surface area contributed by atoms with Crippen molar-refractivity contribution in [2.75, 3.05) is 37.3 Å². The van der Waals surface area contributed by atoms with Gasteiger partial charge in [-0.25, -0.2) is 8.42 Å². The first-order valence-electron chi connectivity index (χ1n) is 12.7. The molecule has 0 aromatic carbocycles. The fourth-order valence-electron chi connectivity index (χ4n) is 6.43. The van der Waals surface area contributed by atoms with E-state index in [4.69, 9.17) is 9.26 Å². The molecule has 0 unspecified atom stereocenters. The predicted octanol–water partition coefficient (Wildman–Crippen LogP) is 3.22. The first-order valence-corrected chi connectivity index (χ1v) is 14.5. The van der Waals surface area contributed by atoms with Gasteiger partial charge in [-0.2, -0.15) is 9.29 Å². The summed E-state index contributed by atoms with van der Waals surface area (Å²) in [5, 5.41) is 4.18. The lowest BCUT2D eigenvalue weighted by molar-refractivity contribution is -0.106. The lowest BCUT2D eigenvalue weighted by Crippen LogP contribution is -2.58. The van der Waals surface area contributed by atoms with Gasteiger partial charge in [0.05, 0.1) is 18.1 Å². The van der Waals surface area contributed by atoms with Gasteiger partial charge in [0, 0.05) is 44.6 Å². The van der Waals surface area contributed by atoms with Gasteiger partial charge in [-0.05, 0) is 60.7 Å². The molecule has 6 rings (SSSR count). The maximum Gasteiger partial charge on any atom is 0.266 e. The van der Waals surface area contributed by atoms with Crippen LogP contribution in [-0.4, -0.2) is 65.9 Å². The number of pyridine rings is 1. The average molecular weight is 500 g/mol. The average Bonchev–Trinajstić information content (AvgIpc) is 3.43. The van der Waals surface area contributed by atoms with Crippen molar-refractivity contribution in [1.29, 1.82) is 0 Å². The molecule has 9 nitrogen and oxygen atoms in total.